The van der Waals surface area contributed by atoms with E-state index >= 15 is 0 Å². The maximum Gasteiger partial charge on any atom is 0.267 e. The molecule has 31 heavy (non-hydrogen) atoms. The number of nitrogens with one attached hydrogen (secondary N) is 2. The van der Waals surface area contributed by atoms with Gasteiger partial charge < -0.3 is 5.32 Å². The van der Waals surface area contributed by atoms with E-state index in [9.17, 15) is 17.2 Å². The summed E-state index contributed by atoms with van der Waals surface area (Å²) in [5, 5.41) is 3.08. The average molecular weight is 442 g/mol. The summed E-state index contributed by atoms with van der Waals surface area (Å²) < 4.78 is 56.4. The van der Waals surface area contributed by atoms with E-state index in [0.717, 1.165) is 24.0 Å². The average Bonchev–Trinajstić information content (AvgIpc) is 3.15. The van der Waals surface area contributed by atoms with Crippen molar-refractivity contribution in [3.8, 4) is 5.82 Å². The highest BCUT2D eigenvalue weighted by atomic mass is 32.2. The Hall–Kier alpha value is -3.86. The molecule has 0 amide bonds. The minimum atomic E-state index is -4.43. The highest BCUT2D eigenvalue weighted by Crippen LogP contribution is 2.24. The second-order valence-electron chi connectivity index (χ2n) is 6.46. The molecule has 4 aromatic rings. The summed E-state index contributed by atoms with van der Waals surface area (Å²) in [6.07, 6.45) is 4.85. The largest absolute Gasteiger partial charge is 0.340 e. The fourth-order valence-corrected chi connectivity index (χ4v) is 4.08. The lowest BCUT2D eigenvalue weighted by Crippen LogP contribution is -2.16. The SMILES string of the molecule is Cc1nccn1-c1cc(Nc2ccc(NS(=O)(=O)c3c(F)cccc3F)cc2)ncn1. The Bertz CT molecular complexity index is 1320. The van der Waals surface area contributed by atoms with Gasteiger partial charge in [-0.05, 0) is 43.3 Å². The first-order chi connectivity index (χ1) is 14.8. The predicted octanol–water partition coefficient (Wildman–Crippen LogP) is 3.79. The molecule has 0 aliphatic heterocycles. The topological polar surface area (TPSA) is 102 Å². The summed E-state index contributed by atoms with van der Waals surface area (Å²) in [6.45, 7) is 1.85. The lowest BCUT2D eigenvalue weighted by atomic mass is 10.3. The summed E-state index contributed by atoms with van der Waals surface area (Å²) in [4.78, 5) is 11.5. The number of aryl methyl sites for hydroxylation is 1. The molecule has 0 fully saturated rings. The molecule has 0 bridgehead atoms. The van der Waals surface area contributed by atoms with Crippen molar-refractivity contribution < 1.29 is 17.2 Å². The summed E-state index contributed by atoms with van der Waals surface area (Å²) in [5.41, 5.74) is 0.762. The van der Waals surface area contributed by atoms with Crippen LogP contribution in [0.1, 0.15) is 5.82 Å². The van der Waals surface area contributed by atoms with E-state index in [-0.39, 0.29) is 5.69 Å². The van der Waals surface area contributed by atoms with Crippen molar-refractivity contribution in [1.82, 2.24) is 19.5 Å². The van der Waals surface area contributed by atoms with E-state index in [1.54, 1.807) is 35.2 Å². The zero-order valence-corrected chi connectivity index (χ0v) is 16.9. The normalized spacial score (nSPS) is 11.3. The zero-order valence-electron chi connectivity index (χ0n) is 16.1. The van der Waals surface area contributed by atoms with Crippen LogP contribution >= 0.6 is 0 Å². The van der Waals surface area contributed by atoms with E-state index in [1.165, 1.54) is 18.5 Å². The number of halogens is 2. The van der Waals surface area contributed by atoms with E-state index < -0.39 is 26.6 Å². The van der Waals surface area contributed by atoms with Gasteiger partial charge in [-0.3, -0.25) is 9.29 Å². The Morgan fingerprint density at radius 2 is 1.61 bits per heavy atom. The van der Waals surface area contributed by atoms with E-state index in [0.29, 0.717) is 17.3 Å². The number of anilines is 3. The molecule has 4 rings (SSSR count). The second-order valence-corrected chi connectivity index (χ2v) is 8.08. The van der Waals surface area contributed by atoms with Crippen molar-refractivity contribution in [2.24, 2.45) is 0 Å². The van der Waals surface area contributed by atoms with E-state index in [4.69, 9.17) is 0 Å². The number of nitrogens with zero attached hydrogens (tertiary/aromatic N) is 4. The van der Waals surface area contributed by atoms with Crippen molar-refractivity contribution >= 4 is 27.2 Å². The standard InChI is InChI=1S/C20H16F2N6O2S/c1-13-23-9-10-28(13)19-11-18(24-12-25-19)26-14-5-7-15(8-6-14)27-31(29,30)20-16(21)3-2-4-17(20)22/h2-12,27H,1H3,(H,24,25,26). The molecule has 0 radical (unpaired) electrons. The Labute approximate surface area is 176 Å². The van der Waals surface area contributed by atoms with Crippen molar-refractivity contribution in [1.29, 1.82) is 0 Å². The van der Waals surface area contributed by atoms with Crippen LogP contribution in [0.3, 0.4) is 0 Å². The summed E-state index contributed by atoms with van der Waals surface area (Å²) in [5.74, 6) is -0.423. The van der Waals surface area contributed by atoms with Gasteiger partial charge in [0.1, 0.15) is 35.4 Å². The van der Waals surface area contributed by atoms with Crippen LogP contribution in [-0.4, -0.2) is 27.9 Å². The van der Waals surface area contributed by atoms with Crippen LogP contribution in [-0.2, 0) is 10.0 Å². The van der Waals surface area contributed by atoms with Crippen molar-refractivity contribution in [3.05, 3.63) is 84.7 Å². The van der Waals surface area contributed by atoms with E-state index in [1.807, 2.05) is 6.92 Å². The van der Waals surface area contributed by atoms with Gasteiger partial charge >= 0.3 is 0 Å². The Morgan fingerprint density at radius 1 is 0.935 bits per heavy atom. The Kier molecular flexibility index (Phi) is 5.34. The van der Waals surface area contributed by atoms with Gasteiger partial charge in [0.25, 0.3) is 10.0 Å². The molecule has 0 aliphatic carbocycles. The van der Waals surface area contributed by atoms with Crippen LogP contribution in [0.5, 0.6) is 0 Å². The zero-order chi connectivity index (χ0) is 22.0. The molecule has 0 saturated heterocycles. The minimum absolute atomic E-state index is 0.144. The van der Waals surface area contributed by atoms with Crippen LogP contribution in [0, 0.1) is 18.6 Å². The molecule has 2 aromatic heterocycles. The third-order valence-corrected chi connectivity index (χ3v) is 5.75. The molecule has 11 heteroatoms. The van der Waals surface area contributed by atoms with Crippen LogP contribution in [0.25, 0.3) is 5.82 Å². The fraction of sp³-hybridized carbons (Fsp3) is 0.0500. The number of imidazole rings is 1. The molecule has 0 aliphatic rings. The first kappa shape index (κ1) is 20.4. The first-order valence-electron chi connectivity index (χ1n) is 9.00. The highest BCUT2D eigenvalue weighted by Gasteiger charge is 2.23. The molecular weight excluding hydrogens is 426 g/mol. The van der Waals surface area contributed by atoms with Crippen LogP contribution in [0.15, 0.2) is 72.1 Å². The Balaban J connectivity index is 1.51. The molecule has 158 valence electrons. The van der Waals surface area contributed by atoms with Gasteiger partial charge in [0.2, 0.25) is 0 Å². The lowest BCUT2D eigenvalue weighted by Gasteiger charge is -2.11. The summed E-state index contributed by atoms with van der Waals surface area (Å²) in [6, 6.07) is 10.7. The maximum atomic E-state index is 13.8. The lowest BCUT2D eigenvalue weighted by molar-refractivity contribution is 0.521. The molecule has 0 spiro atoms. The fourth-order valence-electron chi connectivity index (χ4n) is 2.88. The van der Waals surface area contributed by atoms with Gasteiger partial charge in [0.15, 0.2) is 4.90 Å². The molecule has 0 saturated carbocycles. The summed E-state index contributed by atoms with van der Waals surface area (Å²) >= 11 is 0. The number of benzene rings is 2. The predicted molar refractivity (Wildman–Crippen MR) is 111 cm³/mol. The van der Waals surface area contributed by atoms with Crippen molar-refractivity contribution in [2.75, 3.05) is 10.0 Å². The van der Waals surface area contributed by atoms with E-state index in [2.05, 4.69) is 25.0 Å². The number of hydrogen-bond donors (Lipinski definition) is 2. The first-order valence-corrected chi connectivity index (χ1v) is 10.5. The van der Waals surface area contributed by atoms with Crippen LogP contribution < -0.4 is 10.0 Å². The van der Waals surface area contributed by atoms with Crippen LogP contribution in [0.2, 0.25) is 0 Å². The number of hydrogen-bond acceptors (Lipinski definition) is 6. The minimum Gasteiger partial charge on any atom is -0.340 e. The Morgan fingerprint density at radius 3 is 2.26 bits per heavy atom. The molecular formula is C20H16F2N6O2S. The van der Waals surface area contributed by atoms with Crippen molar-refractivity contribution in [3.63, 3.8) is 0 Å². The third-order valence-electron chi connectivity index (χ3n) is 4.32. The monoisotopic (exact) mass is 442 g/mol. The van der Waals surface area contributed by atoms with Crippen LogP contribution in [0.4, 0.5) is 26.0 Å². The van der Waals surface area contributed by atoms with Gasteiger partial charge in [-0.25, -0.2) is 32.2 Å². The maximum absolute atomic E-state index is 13.8. The smallest absolute Gasteiger partial charge is 0.267 e. The summed E-state index contributed by atoms with van der Waals surface area (Å²) in [7, 11) is -4.43. The number of sulfonamides is 1. The quantitative estimate of drug-likeness (QED) is 0.471. The van der Waals surface area contributed by atoms with Gasteiger partial charge in [-0.1, -0.05) is 6.07 Å². The van der Waals surface area contributed by atoms with Crippen molar-refractivity contribution in [2.45, 2.75) is 11.8 Å². The second kappa shape index (κ2) is 8.11. The molecule has 2 aromatic carbocycles. The van der Waals surface area contributed by atoms with Gasteiger partial charge in [-0.15, -0.1) is 0 Å². The highest BCUT2D eigenvalue weighted by molar-refractivity contribution is 7.92. The molecule has 2 heterocycles. The number of rotatable bonds is 6. The molecule has 0 atom stereocenters. The van der Waals surface area contributed by atoms with Gasteiger partial charge in [-0.2, -0.15) is 0 Å². The molecule has 8 nitrogen and oxygen atoms in total. The third kappa shape index (κ3) is 4.36. The van der Waals surface area contributed by atoms with Gasteiger partial charge in [0, 0.05) is 29.8 Å². The van der Waals surface area contributed by atoms with Gasteiger partial charge in [0.05, 0.1) is 0 Å². The number of aromatic nitrogens is 4. The molecule has 0 unspecified atom stereocenters. The molecule has 2 N–H and O–H groups in total.